The molecular formula is C15H21Cl2N5. The number of para-hydroxylation sites is 2. The second-order valence-corrected chi connectivity index (χ2v) is 5.54. The summed E-state index contributed by atoms with van der Waals surface area (Å²) >= 11 is 0. The van der Waals surface area contributed by atoms with Crippen LogP contribution in [0.25, 0.3) is 11.0 Å². The van der Waals surface area contributed by atoms with Crippen LogP contribution in [0.3, 0.4) is 0 Å². The topological polar surface area (TPSA) is 53.1 Å². The molecule has 0 bridgehead atoms. The Hall–Kier alpha value is -1.30. The molecule has 4 rings (SSSR count). The Morgan fingerprint density at radius 1 is 1.00 bits per heavy atom. The molecule has 0 amide bonds. The van der Waals surface area contributed by atoms with Crippen LogP contribution < -0.4 is 15.5 Å². The van der Waals surface area contributed by atoms with Gasteiger partial charge in [-0.25, -0.2) is 9.97 Å². The number of fused-ring (bicyclic) bond motifs is 1. The lowest BCUT2D eigenvalue weighted by Gasteiger charge is -2.29. The lowest BCUT2D eigenvalue weighted by atomic mass is 10.3. The molecule has 2 heterocycles. The molecule has 7 heteroatoms. The Morgan fingerprint density at radius 3 is 2.27 bits per heavy atom. The van der Waals surface area contributed by atoms with Gasteiger partial charge in [-0.1, -0.05) is 12.1 Å². The summed E-state index contributed by atoms with van der Waals surface area (Å²) in [7, 11) is 0. The SMILES string of the molecule is Cl.Cl.c1ccc2nc(N3CCNCC3)c(NC3CC3)nc2c1. The minimum absolute atomic E-state index is 0. The number of hydrogen-bond acceptors (Lipinski definition) is 5. The molecule has 0 radical (unpaired) electrons. The van der Waals surface area contributed by atoms with E-state index in [1.165, 1.54) is 12.8 Å². The highest BCUT2D eigenvalue weighted by molar-refractivity contribution is 5.85. The molecule has 0 atom stereocenters. The van der Waals surface area contributed by atoms with E-state index in [4.69, 9.17) is 9.97 Å². The molecule has 1 saturated heterocycles. The number of benzene rings is 1. The van der Waals surface area contributed by atoms with Crippen LogP contribution in [-0.4, -0.2) is 42.2 Å². The summed E-state index contributed by atoms with van der Waals surface area (Å²) in [6.45, 7) is 4.01. The van der Waals surface area contributed by atoms with E-state index in [2.05, 4.69) is 15.5 Å². The summed E-state index contributed by atoms with van der Waals surface area (Å²) in [5, 5.41) is 6.92. The second-order valence-electron chi connectivity index (χ2n) is 5.54. The smallest absolute Gasteiger partial charge is 0.172 e. The van der Waals surface area contributed by atoms with Crippen molar-refractivity contribution in [1.82, 2.24) is 15.3 Å². The molecule has 120 valence electrons. The van der Waals surface area contributed by atoms with Crippen molar-refractivity contribution in [2.24, 2.45) is 0 Å². The molecule has 5 nitrogen and oxygen atoms in total. The van der Waals surface area contributed by atoms with Gasteiger partial charge in [0.2, 0.25) is 0 Å². The predicted octanol–water partition coefficient (Wildman–Crippen LogP) is 2.46. The first-order chi connectivity index (χ1) is 9.90. The van der Waals surface area contributed by atoms with Gasteiger partial charge >= 0.3 is 0 Å². The van der Waals surface area contributed by atoms with Gasteiger partial charge in [0.25, 0.3) is 0 Å². The van der Waals surface area contributed by atoms with Crippen LogP contribution in [0.15, 0.2) is 24.3 Å². The maximum Gasteiger partial charge on any atom is 0.172 e. The average molecular weight is 342 g/mol. The maximum atomic E-state index is 4.85. The Bertz CT molecular complexity index is 626. The van der Waals surface area contributed by atoms with Crippen LogP contribution in [0, 0.1) is 0 Å². The molecule has 22 heavy (non-hydrogen) atoms. The summed E-state index contributed by atoms with van der Waals surface area (Å²) in [5.74, 6) is 1.96. The molecule has 2 N–H and O–H groups in total. The number of nitrogens with one attached hydrogen (secondary N) is 2. The van der Waals surface area contributed by atoms with E-state index >= 15 is 0 Å². The Morgan fingerprint density at radius 2 is 1.64 bits per heavy atom. The number of nitrogens with zero attached hydrogens (tertiary/aromatic N) is 3. The van der Waals surface area contributed by atoms with E-state index in [0.29, 0.717) is 6.04 Å². The standard InChI is InChI=1S/C15H19N5.2ClH/c1-2-4-13-12(3-1)18-14(17-11-5-6-11)15(19-13)20-9-7-16-8-10-20;;/h1-4,11,16H,5-10H2,(H,17,18);2*1H. The van der Waals surface area contributed by atoms with Crippen molar-refractivity contribution in [2.75, 3.05) is 36.4 Å². The van der Waals surface area contributed by atoms with Gasteiger partial charge in [0.1, 0.15) is 0 Å². The maximum absolute atomic E-state index is 4.85. The van der Waals surface area contributed by atoms with Crippen molar-refractivity contribution in [3.8, 4) is 0 Å². The van der Waals surface area contributed by atoms with E-state index in [1.807, 2.05) is 24.3 Å². The van der Waals surface area contributed by atoms with Crippen LogP contribution in [0.5, 0.6) is 0 Å². The molecule has 1 aliphatic heterocycles. The van der Waals surface area contributed by atoms with Gasteiger partial charge in [-0.2, -0.15) is 0 Å². The second kappa shape index (κ2) is 7.31. The highest BCUT2D eigenvalue weighted by Gasteiger charge is 2.25. The van der Waals surface area contributed by atoms with E-state index in [-0.39, 0.29) is 24.8 Å². The van der Waals surface area contributed by atoms with Crippen LogP contribution in [-0.2, 0) is 0 Å². The molecule has 1 aromatic heterocycles. The summed E-state index contributed by atoms with van der Waals surface area (Å²) in [6, 6.07) is 8.69. The van der Waals surface area contributed by atoms with E-state index in [1.54, 1.807) is 0 Å². The normalized spacial score (nSPS) is 17.5. The summed E-state index contributed by atoms with van der Waals surface area (Å²) in [5.41, 5.74) is 1.94. The molecule has 0 unspecified atom stereocenters. The van der Waals surface area contributed by atoms with Crippen molar-refractivity contribution in [2.45, 2.75) is 18.9 Å². The fourth-order valence-electron chi connectivity index (χ4n) is 2.61. The van der Waals surface area contributed by atoms with Gasteiger partial charge in [0, 0.05) is 32.2 Å². The van der Waals surface area contributed by atoms with E-state index in [0.717, 1.165) is 48.8 Å². The van der Waals surface area contributed by atoms with Crippen molar-refractivity contribution < 1.29 is 0 Å². The largest absolute Gasteiger partial charge is 0.364 e. The lowest BCUT2D eigenvalue weighted by Crippen LogP contribution is -2.44. The summed E-state index contributed by atoms with van der Waals surface area (Å²) in [4.78, 5) is 12.0. The minimum Gasteiger partial charge on any atom is -0.364 e. The monoisotopic (exact) mass is 341 g/mol. The predicted molar refractivity (Wildman–Crippen MR) is 95.8 cm³/mol. The molecular weight excluding hydrogens is 321 g/mol. The van der Waals surface area contributed by atoms with Crippen molar-refractivity contribution in [1.29, 1.82) is 0 Å². The van der Waals surface area contributed by atoms with Crippen LogP contribution in [0.2, 0.25) is 0 Å². The summed E-state index contributed by atoms with van der Waals surface area (Å²) < 4.78 is 0. The van der Waals surface area contributed by atoms with Gasteiger partial charge in [0.15, 0.2) is 11.6 Å². The Balaban J connectivity index is 0.000000882. The van der Waals surface area contributed by atoms with Crippen molar-refractivity contribution in [3.05, 3.63) is 24.3 Å². The average Bonchev–Trinajstić information content (AvgIpc) is 3.31. The molecule has 2 fully saturated rings. The molecule has 1 saturated carbocycles. The van der Waals surface area contributed by atoms with Crippen LogP contribution >= 0.6 is 24.8 Å². The van der Waals surface area contributed by atoms with Gasteiger partial charge in [-0.3, -0.25) is 0 Å². The molecule has 0 spiro atoms. The van der Waals surface area contributed by atoms with Gasteiger partial charge < -0.3 is 15.5 Å². The third-order valence-corrected chi connectivity index (χ3v) is 3.89. The fraction of sp³-hybridized carbons (Fsp3) is 0.467. The number of hydrogen-bond donors (Lipinski definition) is 2. The van der Waals surface area contributed by atoms with Gasteiger partial charge in [-0.05, 0) is 25.0 Å². The molecule has 2 aliphatic rings. The highest BCUT2D eigenvalue weighted by Crippen LogP contribution is 2.30. The lowest BCUT2D eigenvalue weighted by molar-refractivity contribution is 0.585. The molecule has 1 aliphatic carbocycles. The number of rotatable bonds is 3. The van der Waals surface area contributed by atoms with E-state index < -0.39 is 0 Å². The first-order valence-corrected chi connectivity index (χ1v) is 7.39. The third-order valence-electron chi connectivity index (χ3n) is 3.89. The number of halogens is 2. The number of aromatic nitrogens is 2. The van der Waals surface area contributed by atoms with Crippen molar-refractivity contribution in [3.63, 3.8) is 0 Å². The summed E-state index contributed by atoms with van der Waals surface area (Å²) in [6.07, 6.45) is 2.49. The van der Waals surface area contributed by atoms with E-state index in [9.17, 15) is 0 Å². The quantitative estimate of drug-likeness (QED) is 0.898. The number of anilines is 2. The Kier molecular flexibility index (Phi) is 5.67. The third kappa shape index (κ3) is 3.54. The first-order valence-electron chi connectivity index (χ1n) is 7.39. The minimum atomic E-state index is 0. The zero-order chi connectivity index (χ0) is 13.4. The van der Waals surface area contributed by atoms with Gasteiger partial charge in [0.05, 0.1) is 11.0 Å². The van der Waals surface area contributed by atoms with Crippen LogP contribution in [0.1, 0.15) is 12.8 Å². The first kappa shape index (κ1) is 17.1. The fourth-order valence-corrected chi connectivity index (χ4v) is 2.61. The zero-order valence-electron chi connectivity index (χ0n) is 12.3. The van der Waals surface area contributed by atoms with Crippen molar-refractivity contribution >= 4 is 47.5 Å². The molecule has 1 aromatic carbocycles. The zero-order valence-corrected chi connectivity index (χ0v) is 13.9. The van der Waals surface area contributed by atoms with Crippen LogP contribution in [0.4, 0.5) is 11.6 Å². The Labute approximate surface area is 142 Å². The van der Waals surface area contributed by atoms with Gasteiger partial charge in [-0.15, -0.1) is 24.8 Å². The highest BCUT2D eigenvalue weighted by atomic mass is 35.5. The molecule has 2 aromatic rings. The number of piperazine rings is 1.